The smallest absolute Gasteiger partial charge is 0.327 e. The number of benzene rings is 1. The Morgan fingerprint density at radius 1 is 1.50 bits per heavy atom. The largest absolute Gasteiger partial charge is 0.480 e. The summed E-state index contributed by atoms with van der Waals surface area (Å²) in [5, 5.41) is 11.5. The molecule has 0 aliphatic rings. The Morgan fingerprint density at radius 3 is 2.69 bits per heavy atom. The van der Waals surface area contributed by atoms with Crippen LogP contribution < -0.4 is 5.32 Å². The maximum Gasteiger partial charge on any atom is 0.327 e. The number of carboxylic acids is 1. The van der Waals surface area contributed by atoms with E-state index in [2.05, 4.69) is 17.9 Å². The summed E-state index contributed by atoms with van der Waals surface area (Å²) < 4.78 is 0. The standard InChI is InChI=1S/C10H10ClNO3S/c11-7-3-1-2-6(4-7)9(13)12-8(5-16)10(14)15/h1-4,8,16H,5H2,(H,12,13)(H,14,15). The maximum absolute atomic E-state index is 11.6. The number of hydrogen-bond acceptors (Lipinski definition) is 3. The van der Waals surface area contributed by atoms with Crippen molar-refractivity contribution in [2.75, 3.05) is 5.75 Å². The van der Waals surface area contributed by atoms with Gasteiger partial charge in [0.25, 0.3) is 5.91 Å². The molecule has 1 aromatic carbocycles. The van der Waals surface area contributed by atoms with E-state index in [1.165, 1.54) is 6.07 Å². The maximum atomic E-state index is 11.6. The lowest BCUT2D eigenvalue weighted by Gasteiger charge is -2.11. The second kappa shape index (κ2) is 5.77. The molecule has 0 spiro atoms. The molecular formula is C10H10ClNO3S. The summed E-state index contributed by atoms with van der Waals surface area (Å²) in [6, 6.07) is 5.27. The Kier molecular flexibility index (Phi) is 4.64. The fourth-order valence-corrected chi connectivity index (χ4v) is 1.49. The molecule has 0 aliphatic carbocycles. The molecule has 16 heavy (non-hydrogen) atoms. The number of thiol groups is 1. The van der Waals surface area contributed by atoms with Crippen LogP contribution in [-0.4, -0.2) is 28.8 Å². The van der Waals surface area contributed by atoms with E-state index in [4.69, 9.17) is 16.7 Å². The predicted octanol–water partition coefficient (Wildman–Crippen LogP) is 1.45. The Morgan fingerprint density at radius 2 is 2.19 bits per heavy atom. The van der Waals surface area contributed by atoms with Crippen LogP contribution in [0.1, 0.15) is 10.4 Å². The van der Waals surface area contributed by atoms with Gasteiger partial charge in [0.15, 0.2) is 0 Å². The highest BCUT2D eigenvalue weighted by molar-refractivity contribution is 7.80. The van der Waals surface area contributed by atoms with Crippen LogP contribution in [0.25, 0.3) is 0 Å². The average Bonchev–Trinajstić information content (AvgIpc) is 2.25. The first-order chi connectivity index (χ1) is 7.54. The van der Waals surface area contributed by atoms with Crippen molar-refractivity contribution in [3.05, 3.63) is 34.9 Å². The lowest BCUT2D eigenvalue weighted by atomic mass is 10.2. The Hall–Kier alpha value is -1.20. The first-order valence-electron chi connectivity index (χ1n) is 4.44. The first kappa shape index (κ1) is 12.9. The van der Waals surface area contributed by atoms with Crippen LogP contribution in [0.4, 0.5) is 0 Å². The van der Waals surface area contributed by atoms with Gasteiger partial charge in [0, 0.05) is 16.3 Å². The summed E-state index contributed by atoms with van der Waals surface area (Å²) in [6.07, 6.45) is 0. The van der Waals surface area contributed by atoms with Gasteiger partial charge in [-0.2, -0.15) is 12.6 Å². The Bertz CT molecular complexity index is 411. The molecule has 6 heteroatoms. The SMILES string of the molecule is O=C(NC(CS)C(=O)O)c1cccc(Cl)c1. The molecule has 0 radical (unpaired) electrons. The highest BCUT2D eigenvalue weighted by atomic mass is 35.5. The summed E-state index contributed by atoms with van der Waals surface area (Å²) in [5.41, 5.74) is 0.320. The summed E-state index contributed by atoms with van der Waals surface area (Å²) >= 11 is 9.55. The first-order valence-corrected chi connectivity index (χ1v) is 5.45. The van der Waals surface area contributed by atoms with Crippen molar-refractivity contribution < 1.29 is 14.7 Å². The van der Waals surface area contributed by atoms with Crippen LogP contribution in [0.2, 0.25) is 5.02 Å². The van der Waals surface area contributed by atoms with Gasteiger partial charge in [-0.3, -0.25) is 4.79 Å². The van der Waals surface area contributed by atoms with Crippen molar-refractivity contribution in [3.63, 3.8) is 0 Å². The molecule has 0 saturated carbocycles. The van der Waals surface area contributed by atoms with Crippen molar-refractivity contribution in [1.29, 1.82) is 0 Å². The number of carbonyl (C=O) groups excluding carboxylic acids is 1. The van der Waals surface area contributed by atoms with Crippen molar-refractivity contribution in [3.8, 4) is 0 Å². The number of rotatable bonds is 4. The van der Waals surface area contributed by atoms with Crippen LogP contribution >= 0.6 is 24.2 Å². The van der Waals surface area contributed by atoms with Crippen LogP contribution in [0.5, 0.6) is 0 Å². The molecule has 0 aliphatic heterocycles. The van der Waals surface area contributed by atoms with Crippen molar-refractivity contribution >= 4 is 36.1 Å². The zero-order valence-corrected chi connectivity index (χ0v) is 9.83. The van der Waals surface area contributed by atoms with E-state index in [0.717, 1.165) is 0 Å². The molecule has 0 fully saturated rings. The van der Waals surface area contributed by atoms with Gasteiger partial charge in [0.05, 0.1) is 0 Å². The lowest BCUT2D eigenvalue weighted by molar-refractivity contribution is -0.138. The topological polar surface area (TPSA) is 66.4 Å². The minimum atomic E-state index is -1.12. The Balaban J connectivity index is 2.75. The Labute approximate surface area is 103 Å². The lowest BCUT2D eigenvalue weighted by Crippen LogP contribution is -2.42. The fraction of sp³-hybridized carbons (Fsp3) is 0.200. The fourth-order valence-electron chi connectivity index (χ4n) is 1.06. The summed E-state index contributed by atoms with van der Waals surface area (Å²) in [7, 11) is 0. The molecule has 1 amide bonds. The van der Waals surface area contributed by atoms with Crippen molar-refractivity contribution in [1.82, 2.24) is 5.32 Å². The van der Waals surface area contributed by atoms with Gasteiger partial charge in [-0.15, -0.1) is 0 Å². The van der Waals surface area contributed by atoms with E-state index in [9.17, 15) is 9.59 Å². The molecule has 1 atom stereocenters. The van der Waals surface area contributed by atoms with Crippen LogP contribution in [-0.2, 0) is 4.79 Å². The van der Waals surface area contributed by atoms with Crippen LogP contribution in [0, 0.1) is 0 Å². The minimum absolute atomic E-state index is 0.0294. The van der Waals surface area contributed by atoms with E-state index in [-0.39, 0.29) is 5.75 Å². The van der Waals surface area contributed by atoms with Crippen LogP contribution in [0.3, 0.4) is 0 Å². The molecular weight excluding hydrogens is 250 g/mol. The highest BCUT2D eigenvalue weighted by Gasteiger charge is 2.18. The number of aliphatic carboxylic acids is 1. The number of amides is 1. The molecule has 0 saturated heterocycles. The molecule has 0 heterocycles. The van der Waals surface area contributed by atoms with Gasteiger partial charge in [-0.25, -0.2) is 4.79 Å². The van der Waals surface area contributed by atoms with Gasteiger partial charge in [0.1, 0.15) is 6.04 Å². The number of carbonyl (C=O) groups is 2. The molecule has 1 aromatic rings. The van der Waals surface area contributed by atoms with Crippen LogP contribution in [0.15, 0.2) is 24.3 Å². The molecule has 2 N–H and O–H groups in total. The van der Waals surface area contributed by atoms with E-state index >= 15 is 0 Å². The monoisotopic (exact) mass is 259 g/mol. The van der Waals surface area contributed by atoms with E-state index < -0.39 is 17.9 Å². The van der Waals surface area contributed by atoms with Gasteiger partial charge in [0.2, 0.25) is 0 Å². The van der Waals surface area contributed by atoms with E-state index in [1.54, 1.807) is 18.2 Å². The zero-order chi connectivity index (χ0) is 12.1. The minimum Gasteiger partial charge on any atom is -0.480 e. The number of nitrogens with one attached hydrogen (secondary N) is 1. The van der Waals surface area contributed by atoms with Gasteiger partial charge in [-0.05, 0) is 18.2 Å². The van der Waals surface area contributed by atoms with Gasteiger partial charge < -0.3 is 10.4 Å². The third kappa shape index (κ3) is 3.43. The summed E-state index contributed by atoms with van der Waals surface area (Å²) in [5.74, 6) is -1.57. The highest BCUT2D eigenvalue weighted by Crippen LogP contribution is 2.10. The van der Waals surface area contributed by atoms with E-state index in [1.807, 2.05) is 0 Å². The third-order valence-corrected chi connectivity index (χ3v) is 2.47. The summed E-state index contributed by atoms with van der Waals surface area (Å²) in [4.78, 5) is 22.3. The molecule has 1 unspecified atom stereocenters. The molecule has 86 valence electrons. The predicted molar refractivity (Wildman–Crippen MR) is 64.2 cm³/mol. The van der Waals surface area contributed by atoms with Crippen molar-refractivity contribution in [2.45, 2.75) is 6.04 Å². The van der Waals surface area contributed by atoms with Crippen molar-refractivity contribution in [2.24, 2.45) is 0 Å². The quantitative estimate of drug-likeness (QED) is 0.717. The molecule has 1 rings (SSSR count). The zero-order valence-electron chi connectivity index (χ0n) is 8.18. The second-order valence-electron chi connectivity index (χ2n) is 3.06. The third-order valence-electron chi connectivity index (χ3n) is 1.87. The molecule has 0 bridgehead atoms. The van der Waals surface area contributed by atoms with Gasteiger partial charge in [-0.1, -0.05) is 17.7 Å². The normalized spacial score (nSPS) is 11.9. The summed E-state index contributed by atoms with van der Waals surface area (Å²) in [6.45, 7) is 0. The molecule has 0 aromatic heterocycles. The van der Waals surface area contributed by atoms with Gasteiger partial charge >= 0.3 is 5.97 Å². The number of hydrogen-bond donors (Lipinski definition) is 3. The second-order valence-corrected chi connectivity index (χ2v) is 3.86. The number of halogens is 1. The average molecular weight is 260 g/mol. The number of carboxylic acid groups (broad SMARTS) is 1. The van der Waals surface area contributed by atoms with E-state index in [0.29, 0.717) is 10.6 Å². The molecule has 4 nitrogen and oxygen atoms in total.